The van der Waals surface area contributed by atoms with Gasteiger partial charge in [0, 0.05) is 38.4 Å². The number of ether oxygens (including phenoxy) is 1. The Kier molecular flexibility index (Phi) is 7.22. The van der Waals surface area contributed by atoms with Crippen LogP contribution in [0, 0.1) is 0 Å². The van der Waals surface area contributed by atoms with Crippen molar-refractivity contribution in [2.75, 3.05) is 38.2 Å². The molecule has 8 heteroatoms. The van der Waals surface area contributed by atoms with Gasteiger partial charge in [0.05, 0.1) is 13.2 Å². The lowest BCUT2D eigenvalue weighted by molar-refractivity contribution is 0.0730. The van der Waals surface area contributed by atoms with E-state index in [1.165, 1.54) is 40.9 Å². The van der Waals surface area contributed by atoms with Gasteiger partial charge in [0.1, 0.15) is 10.7 Å². The van der Waals surface area contributed by atoms with Crippen LogP contribution in [0.3, 0.4) is 0 Å². The van der Waals surface area contributed by atoms with Crippen molar-refractivity contribution in [1.29, 1.82) is 0 Å². The van der Waals surface area contributed by atoms with Crippen LogP contribution < -0.4 is 5.32 Å². The van der Waals surface area contributed by atoms with Crippen molar-refractivity contribution in [3.63, 3.8) is 0 Å². The molecule has 2 saturated heterocycles. The molecule has 1 N–H and O–H groups in total. The number of nitrogens with zero attached hydrogens (tertiary/aromatic N) is 3. The van der Waals surface area contributed by atoms with Crippen molar-refractivity contribution in [2.45, 2.75) is 50.2 Å². The number of benzene rings is 1. The molecule has 2 aliphatic rings. The van der Waals surface area contributed by atoms with Gasteiger partial charge < -0.3 is 10.1 Å². The van der Waals surface area contributed by atoms with Crippen LogP contribution in [-0.2, 0) is 27.8 Å². The van der Waals surface area contributed by atoms with Gasteiger partial charge in [0.25, 0.3) is 0 Å². The highest BCUT2D eigenvalue weighted by atomic mass is 32.2. The number of anilines is 1. The first kappa shape index (κ1) is 22.2. The van der Waals surface area contributed by atoms with Gasteiger partial charge in [-0.3, -0.25) is 4.90 Å². The van der Waals surface area contributed by atoms with E-state index in [0.717, 1.165) is 13.1 Å². The molecule has 3 heterocycles. The van der Waals surface area contributed by atoms with Crippen molar-refractivity contribution in [3.05, 3.63) is 53.7 Å². The fourth-order valence-corrected chi connectivity index (χ4v) is 5.61. The van der Waals surface area contributed by atoms with Crippen LogP contribution in [0.4, 0.5) is 5.82 Å². The molecule has 0 aliphatic carbocycles. The minimum Gasteiger partial charge on any atom is -0.379 e. The van der Waals surface area contributed by atoms with Crippen LogP contribution in [0.2, 0.25) is 0 Å². The van der Waals surface area contributed by atoms with E-state index in [9.17, 15) is 8.42 Å². The highest BCUT2D eigenvalue weighted by molar-refractivity contribution is 7.89. The maximum atomic E-state index is 12.7. The molecule has 0 bridgehead atoms. The van der Waals surface area contributed by atoms with Gasteiger partial charge in [-0.15, -0.1) is 0 Å². The van der Waals surface area contributed by atoms with Gasteiger partial charge in [-0.1, -0.05) is 30.7 Å². The number of hydrogen-bond donors (Lipinski definition) is 1. The van der Waals surface area contributed by atoms with E-state index in [0.29, 0.717) is 44.7 Å². The Morgan fingerprint density at radius 3 is 2.55 bits per heavy atom. The van der Waals surface area contributed by atoms with Crippen LogP contribution in [0.1, 0.15) is 37.3 Å². The molecule has 0 amide bonds. The van der Waals surface area contributed by atoms with Gasteiger partial charge in [-0.05, 0) is 49.6 Å². The van der Waals surface area contributed by atoms with Gasteiger partial charge in [0.2, 0.25) is 10.0 Å². The zero-order valence-electron chi connectivity index (χ0n) is 18.2. The average Bonchev–Trinajstić information content (AvgIpc) is 2.81. The molecule has 4 rings (SSSR count). The quantitative estimate of drug-likeness (QED) is 0.707. The van der Waals surface area contributed by atoms with Crippen LogP contribution in [0.15, 0.2) is 47.5 Å². The molecule has 1 aromatic carbocycles. The number of hydrogen-bond acceptors (Lipinski definition) is 6. The summed E-state index contributed by atoms with van der Waals surface area (Å²) in [7, 11) is -3.52. The third kappa shape index (κ3) is 5.44. The Morgan fingerprint density at radius 2 is 1.84 bits per heavy atom. The van der Waals surface area contributed by atoms with E-state index in [1.807, 2.05) is 0 Å². The number of pyridine rings is 1. The van der Waals surface area contributed by atoms with Crippen molar-refractivity contribution in [3.8, 4) is 0 Å². The standard InChI is InChI=1S/C23H32N4O3S/c1-19-6-4-5-11-26(19)18-21-8-3-2-7-20(21)16-24-23-10-9-22(17-25-23)31(28,29)27-12-14-30-15-13-27/h2-3,7-10,17,19H,4-6,11-16,18H2,1H3,(H,24,25). The Hall–Kier alpha value is -2.00. The first-order valence-electron chi connectivity index (χ1n) is 11.1. The molecule has 0 saturated carbocycles. The van der Waals surface area contributed by atoms with E-state index in [-0.39, 0.29) is 4.90 Å². The Morgan fingerprint density at radius 1 is 1.06 bits per heavy atom. The maximum absolute atomic E-state index is 12.7. The summed E-state index contributed by atoms with van der Waals surface area (Å²) in [5.74, 6) is 0.669. The summed E-state index contributed by atoms with van der Waals surface area (Å²) < 4.78 is 32.2. The normalized spacial score (nSPS) is 21.1. The summed E-state index contributed by atoms with van der Waals surface area (Å²) in [5.41, 5.74) is 2.57. The van der Waals surface area contributed by atoms with Gasteiger partial charge >= 0.3 is 0 Å². The average molecular weight is 445 g/mol. The number of nitrogens with one attached hydrogen (secondary N) is 1. The molecule has 2 fully saturated rings. The molecule has 1 atom stereocenters. The Balaban J connectivity index is 1.39. The lowest BCUT2D eigenvalue weighted by atomic mass is 10.0. The molecular formula is C23H32N4O3S. The number of morpholine rings is 1. The second kappa shape index (κ2) is 10.1. The first-order chi connectivity index (χ1) is 15.0. The first-order valence-corrected chi connectivity index (χ1v) is 12.6. The van der Waals surface area contributed by atoms with Gasteiger partial charge in [0.15, 0.2) is 0 Å². The van der Waals surface area contributed by atoms with Crippen molar-refractivity contribution in [1.82, 2.24) is 14.2 Å². The van der Waals surface area contributed by atoms with Crippen molar-refractivity contribution < 1.29 is 13.2 Å². The number of aromatic nitrogens is 1. The molecule has 1 aromatic heterocycles. The van der Waals surface area contributed by atoms with E-state index in [1.54, 1.807) is 12.1 Å². The molecule has 0 spiro atoms. The second-order valence-electron chi connectivity index (χ2n) is 8.33. The van der Waals surface area contributed by atoms with Crippen LogP contribution >= 0.6 is 0 Å². The fourth-order valence-electron chi connectivity index (χ4n) is 4.25. The number of sulfonamides is 1. The highest BCUT2D eigenvalue weighted by Crippen LogP contribution is 2.22. The summed E-state index contributed by atoms with van der Waals surface area (Å²) in [6.07, 6.45) is 5.30. The van der Waals surface area contributed by atoms with Crippen molar-refractivity contribution in [2.24, 2.45) is 0 Å². The third-order valence-electron chi connectivity index (χ3n) is 6.24. The molecular weight excluding hydrogens is 412 g/mol. The molecule has 2 aliphatic heterocycles. The van der Waals surface area contributed by atoms with E-state index >= 15 is 0 Å². The smallest absolute Gasteiger partial charge is 0.244 e. The lowest BCUT2D eigenvalue weighted by Crippen LogP contribution is -2.40. The fraction of sp³-hybridized carbons (Fsp3) is 0.522. The van der Waals surface area contributed by atoms with Gasteiger partial charge in [-0.25, -0.2) is 13.4 Å². The highest BCUT2D eigenvalue weighted by Gasteiger charge is 2.26. The predicted molar refractivity (Wildman–Crippen MR) is 121 cm³/mol. The second-order valence-corrected chi connectivity index (χ2v) is 10.3. The zero-order valence-corrected chi connectivity index (χ0v) is 19.0. The lowest BCUT2D eigenvalue weighted by Gasteiger charge is -2.33. The van der Waals surface area contributed by atoms with Gasteiger partial charge in [-0.2, -0.15) is 4.31 Å². The summed E-state index contributed by atoms with van der Waals surface area (Å²) in [5, 5.41) is 3.35. The molecule has 1 unspecified atom stereocenters. The van der Waals surface area contributed by atoms with Crippen LogP contribution in [-0.4, -0.2) is 61.5 Å². The minimum atomic E-state index is -3.52. The Bertz CT molecular complexity index is 959. The third-order valence-corrected chi connectivity index (χ3v) is 8.12. The van der Waals surface area contributed by atoms with Crippen molar-refractivity contribution >= 4 is 15.8 Å². The zero-order chi connectivity index (χ0) is 21.7. The number of piperidine rings is 1. The number of rotatable bonds is 7. The number of likely N-dealkylation sites (tertiary alicyclic amines) is 1. The molecule has 168 valence electrons. The molecule has 31 heavy (non-hydrogen) atoms. The monoisotopic (exact) mass is 444 g/mol. The minimum absolute atomic E-state index is 0.222. The maximum Gasteiger partial charge on any atom is 0.244 e. The predicted octanol–water partition coefficient (Wildman–Crippen LogP) is 3.09. The largest absolute Gasteiger partial charge is 0.379 e. The summed E-state index contributed by atoms with van der Waals surface area (Å²) in [6, 6.07) is 12.5. The summed E-state index contributed by atoms with van der Waals surface area (Å²) in [4.78, 5) is 7.14. The van der Waals surface area contributed by atoms with Crippen LogP contribution in [0.25, 0.3) is 0 Å². The summed E-state index contributed by atoms with van der Waals surface area (Å²) >= 11 is 0. The van der Waals surface area contributed by atoms with Crippen LogP contribution in [0.5, 0.6) is 0 Å². The molecule has 2 aromatic rings. The SMILES string of the molecule is CC1CCCCN1Cc1ccccc1CNc1ccc(S(=O)(=O)N2CCOCC2)cn1. The van der Waals surface area contributed by atoms with E-state index < -0.39 is 10.0 Å². The topological polar surface area (TPSA) is 74.8 Å². The summed E-state index contributed by atoms with van der Waals surface area (Å²) in [6.45, 7) is 6.72. The molecule has 7 nitrogen and oxygen atoms in total. The van der Waals surface area contributed by atoms with E-state index in [4.69, 9.17) is 4.74 Å². The Labute approximate surface area is 185 Å². The molecule has 0 radical (unpaired) electrons. The van der Waals surface area contributed by atoms with E-state index in [2.05, 4.69) is 46.4 Å².